The molecule has 0 heterocycles. The van der Waals surface area contributed by atoms with Gasteiger partial charge in [0.1, 0.15) is 11.6 Å². The molecule has 1 aromatic rings. The van der Waals surface area contributed by atoms with Gasteiger partial charge in [-0.2, -0.15) is 0 Å². The van der Waals surface area contributed by atoms with Gasteiger partial charge in [-0.05, 0) is 55.2 Å². The molecule has 0 aromatic heterocycles. The van der Waals surface area contributed by atoms with Gasteiger partial charge in [-0.1, -0.05) is 26.7 Å². The van der Waals surface area contributed by atoms with Crippen LogP contribution in [0.25, 0.3) is 0 Å². The Labute approximate surface area is 127 Å². The van der Waals surface area contributed by atoms with Crippen LogP contribution in [-0.2, 0) is 0 Å². The SMILES string of the molecule is CC(C)CC1(CNC(C)c2cc(F)cc(F)c2)CCCC1. The minimum absolute atomic E-state index is 0.0279. The summed E-state index contributed by atoms with van der Waals surface area (Å²) in [5.74, 6) is -0.320. The molecule has 1 unspecified atom stereocenters. The van der Waals surface area contributed by atoms with Gasteiger partial charge in [0.2, 0.25) is 0 Å². The highest BCUT2D eigenvalue weighted by Crippen LogP contribution is 2.43. The van der Waals surface area contributed by atoms with Gasteiger partial charge in [0, 0.05) is 18.7 Å². The fraction of sp³-hybridized carbons (Fsp3) is 0.667. The van der Waals surface area contributed by atoms with Crippen LogP contribution >= 0.6 is 0 Å². The van der Waals surface area contributed by atoms with E-state index in [-0.39, 0.29) is 6.04 Å². The maximum Gasteiger partial charge on any atom is 0.126 e. The van der Waals surface area contributed by atoms with Gasteiger partial charge in [0.05, 0.1) is 0 Å². The molecule has 0 aliphatic heterocycles. The monoisotopic (exact) mass is 295 g/mol. The largest absolute Gasteiger partial charge is 0.310 e. The fourth-order valence-electron chi connectivity index (χ4n) is 3.76. The molecule has 1 atom stereocenters. The van der Waals surface area contributed by atoms with Crippen molar-refractivity contribution in [2.45, 2.75) is 58.9 Å². The molecule has 1 aromatic carbocycles. The standard InChI is InChI=1S/C18H27F2N/c1-13(2)11-18(6-4-5-7-18)12-21-14(3)15-8-16(19)10-17(20)9-15/h8-10,13-14,21H,4-7,11-12H2,1-3H3. The van der Waals surface area contributed by atoms with Crippen LogP contribution in [0.1, 0.15) is 64.5 Å². The second-order valence-corrected chi connectivity index (χ2v) is 7.11. The molecular weight excluding hydrogens is 268 g/mol. The highest BCUT2D eigenvalue weighted by Gasteiger charge is 2.34. The minimum atomic E-state index is -0.503. The van der Waals surface area contributed by atoms with Crippen LogP contribution in [0, 0.1) is 23.0 Å². The Bertz CT molecular complexity index is 444. The van der Waals surface area contributed by atoms with Gasteiger partial charge >= 0.3 is 0 Å². The molecule has 1 aliphatic carbocycles. The molecule has 0 amide bonds. The van der Waals surface area contributed by atoms with E-state index in [0.717, 1.165) is 12.6 Å². The highest BCUT2D eigenvalue weighted by atomic mass is 19.1. The van der Waals surface area contributed by atoms with Crippen molar-refractivity contribution in [2.75, 3.05) is 6.54 Å². The Morgan fingerprint density at radius 2 is 1.62 bits per heavy atom. The lowest BCUT2D eigenvalue weighted by Crippen LogP contribution is -2.34. The summed E-state index contributed by atoms with van der Waals surface area (Å²) in [6.07, 6.45) is 6.36. The smallest absolute Gasteiger partial charge is 0.126 e. The molecule has 1 fully saturated rings. The van der Waals surface area contributed by atoms with E-state index in [1.54, 1.807) is 0 Å². The number of hydrogen-bond acceptors (Lipinski definition) is 1. The molecule has 1 N–H and O–H groups in total. The lowest BCUT2D eigenvalue weighted by Gasteiger charge is -2.33. The number of halogens is 2. The number of nitrogens with one attached hydrogen (secondary N) is 1. The lowest BCUT2D eigenvalue weighted by molar-refractivity contribution is 0.217. The second kappa shape index (κ2) is 6.87. The summed E-state index contributed by atoms with van der Waals surface area (Å²) in [4.78, 5) is 0. The van der Waals surface area contributed by atoms with E-state index in [1.165, 1.54) is 44.2 Å². The van der Waals surface area contributed by atoms with Crippen molar-refractivity contribution in [1.29, 1.82) is 0 Å². The first kappa shape index (κ1) is 16.4. The van der Waals surface area contributed by atoms with Gasteiger partial charge in [0.25, 0.3) is 0 Å². The molecule has 0 spiro atoms. The Morgan fingerprint density at radius 1 is 1.05 bits per heavy atom. The molecule has 0 saturated heterocycles. The van der Waals surface area contributed by atoms with Crippen molar-refractivity contribution in [2.24, 2.45) is 11.3 Å². The van der Waals surface area contributed by atoms with Crippen molar-refractivity contribution < 1.29 is 8.78 Å². The molecule has 1 nitrogen and oxygen atoms in total. The first-order valence-corrected chi connectivity index (χ1v) is 8.10. The lowest BCUT2D eigenvalue weighted by atomic mass is 9.78. The Hall–Kier alpha value is -0.960. The third-order valence-corrected chi connectivity index (χ3v) is 4.67. The Kier molecular flexibility index (Phi) is 5.37. The number of hydrogen-bond donors (Lipinski definition) is 1. The summed E-state index contributed by atoms with van der Waals surface area (Å²) in [6, 6.07) is 3.74. The van der Waals surface area contributed by atoms with E-state index >= 15 is 0 Å². The van der Waals surface area contributed by atoms with Crippen molar-refractivity contribution in [3.05, 3.63) is 35.4 Å². The van der Waals surface area contributed by atoms with Gasteiger partial charge in [-0.15, -0.1) is 0 Å². The van der Waals surface area contributed by atoms with Crippen molar-refractivity contribution in [3.63, 3.8) is 0 Å². The third kappa shape index (κ3) is 4.50. The van der Waals surface area contributed by atoms with Crippen LogP contribution in [0.2, 0.25) is 0 Å². The summed E-state index contributed by atoms with van der Waals surface area (Å²) in [6.45, 7) is 7.45. The topological polar surface area (TPSA) is 12.0 Å². The molecule has 21 heavy (non-hydrogen) atoms. The van der Waals surface area contributed by atoms with Crippen LogP contribution in [-0.4, -0.2) is 6.54 Å². The summed E-state index contributed by atoms with van der Waals surface area (Å²) >= 11 is 0. The maximum absolute atomic E-state index is 13.3. The van der Waals surface area contributed by atoms with Crippen LogP contribution in [0.3, 0.4) is 0 Å². The molecule has 2 rings (SSSR count). The number of benzene rings is 1. The summed E-state index contributed by atoms with van der Waals surface area (Å²) in [5.41, 5.74) is 1.05. The molecular formula is C18H27F2N. The van der Waals surface area contributed by atoms with Crippen LogP contribution < -0.4 is 5.32 Å². The predicted molar refractivity (Wildman–Crippen MR) is 83.1 cm³/mol. The van der Waals surface area contributed by atoms with Gasteiger partial charge < -0.3 is 5.32 Å². The Morgan fingerprint density at radius 3 is 2.14 bits per heavy atom. The second-order valence-electron chi connectivity index (χ2n) is 7.11. The van der Waals surface area contributed by atoms with Gasteiger partial charge in [-0.3, -0.25) is 0 Å². The molecule has 0 radical (unpaired) electrons. The summed E-state index contributed by atoms with van der Waals surface area (Å²) in [7, 11) is 0. The Balaban J connectivity index is 2.00. The molecule has 0 bridgehead atoms. The van der Waals surface area contributed by atoms with Crippen molar-refractivity contribution >= 4 is 0 Å². The first-order valence-electron chi connectivity index (χ1n) is 8.10. The van der Waals surface area contributed by atoms with E-state index in [4.69, 9.17) is 0 Å². The minimum Gasteiger partial charge on any atom is -0.310 e. The van der Waals surface area contributed by atoms with Crippen LogP contribution in [0.4, 0.5) is 8.78 Å². The highest BCUT2D eigenvalue weighted by molar-refractivity contribution is 5.21. The zero-order valence-electron chi connectivity index (χ0n) is 13.4. The normalized spacial score (nSPS) is 19.1. The molecule has 3 heteroatoms. The van der Waals surface area contributed by atoms with Gasteiger partial charge in [0.15, 0.2) is 0 Å². The number of rotatable bonds is 6. The average molecular weight is 295 g/mol. The average Bonchev–Trinajstić information content (AvgIpc) is 2.83. The van der Waals surface area contributed by atoms with Crippen LogP contribution in [0.5, 0.6) is 0 Å². The summed E-state index contributed by atoms with van der Waals surface area (Å²) < 4.78 is 26.6. The van der Waals surface area contributed by atoms with E-state index in [9.17, 15) is 8.78 Å². The maximum atomic E-state index is 13.3. The van der Waals surface area contributed by atoms with Crippen molar-refractivity contribution in [3.8, 4) is 0 Å². The molecule has 118 valence electrons. The van der Waals surface area contributed by atoms with E-state index < -0.39 is 11.6 Å². The zero-order valence-corrected chi connectivity index (χ0v) is 13.4. The molecule has 1 aliphatic rings. The van der Waals surface area contributed by atoms with Crippen molar-refractivity contribution in [1.82, 2.24) is 5.32 Å². The molecule has 1 saturated carbocycles. The van der Waals surface area contributed by atoms with E-state index in [1.807, 2.05) is 6.92 Å². The zero-order chi connectivity index (χ0) is 15.5. The third-order valence-electron chi connectivity index (χ3n) is 4.67. The van der Waals surface area contributed by atoms with E-state index in [0.29, 0.717) is 16.9 Å². The van der Waals surface area contributed by atoms with Crippen LogP contribution in [0.15, 0.2) is 18.2 Å². The quantitative estimate of drug-likeness (QED) is 0.758. The van der Waals surface area contributed by atoms with Gasteiger partial charge in [-0.25, -0.2) is 8.78 Å². The first-order chi connectivity index (χ1) is 9.90. The fourth-order valence-corrected chi connectivity index (χ4v) is 3.76. The predicted octanol–water partition coefficient (Wildman–Crippen LogP) is 5.22. The van der Waals surface area contributed by atoms with E-state index in [2.05, 4.69) is 19.2 Å². The summed E-state index contributed by atoms with van der Waals surface area (Å²) in [5, 5.41) is 3.51.